The van der Waals surface area contributed by atoms with E-state index in [0.717, 1.165) is 6.42 Å². The third-order valence-corrected chi connectivity index (χ3v) is 3.15. The molecule has 0 aliphatic carbocycles. The topological polar surface area (TPSA) is 54.0 Å². The average molecular weight is 264 g/mol. The molecular formula is C10H18ClN3OS. The Morgan fingerprint density at radius 3 is 2.81 bits per heavy atom. The highest BCUT2D eigenvalue weighted by molar-refractivity contribution is 7.15. The van der Waals surface area contributed by atoms with Crippen LogP contribution in [0.15, 0.2) is 6.20 Å². The highest BCUT2D eigenvalue weighted by Crippen LogP contribution is 2.18. The van der Waals surface area contributed by atoms with Gasteiger partial charge in [-0.05, 0) is 13.5 Å². The lowest BCUT2D eigenvalue weighted by Gasteiger charge is -2.09. The lowest BCUT2D eigenvalue weighted by molar-refractivity contribution is -0.119. The highest BCUT2D eigenvalue weighted by atomic mass is 35.5. The number of halogens is 1. The number of anilines is 1. The van der Waals surface area contributed by atoms with Gasteiger partial charge in [0.2, 0.25) is 5.91 Å². The van der Waals surface area contributed by atoms with Crippen molar-refractivity contribution in [1.29, 1.82) is 0 Å². The molecule has 16 heavy (non-hydrogen) atoms. The van der Waals surface area contributed by atoms with Crippen molar-refractivity contribution in [3.63, 3.8) is 0 Å². The van der Waals surface area contributed by atoms with Crippen LogP contribution in [0, 0.1) is 5.92 Å². The maximum Gasteiger partial charge on any atom is 0.230 e. The van der Waals surface area contributed by atoms with E-state index >= 15 is 0 Å². The first-order valence-electron chi connectivity index (χ1n) is 5.07. The van der Waals surface area contributed by atoms with E-state index in [9.17, 15) is 4.79 Å². The zero-order valence-corrected chi connectivity index (χ0v) is 11.4. The van der Waals surface area contributed by atoms with Crippen LogP contribution < -0.4 is 10.6 Å². The number of rotatable bonds is 5. The molecule has 4 nitrogen and oxygen atoms in total. The van der Waals surface area contributed by atoms with Crippen LogP contribution in [0.25, 0.3) is 0 Å². The first-order valence-corrected chi connectivity index (χ1v) is 5.89. The zero-order valence-electron chi connectivity index (χ0n) is 9.74. The third kappa shape index (κ3) is 4.47. The molecule has 1 unspecified atom stereocenters. The average Bonchev–Trinajstić information content (AvgIpc) is 2.66. The lowest BCUT2D eigenvalue weighted by Crippen LogP contribution is -2.28. The van der Waals surface area contributed by atoms with Crippen LogP contribution in [0.4, 0.5) is 5.13 Å². The zero-order chi connectivity index (χ0) is 11.3. The van der Waals surface area contributed by atoms with E-state index in [1.54, 1.807) is 0 Å². The summed E-state index contributed by atoms with van der Waals surface area (Å²) in [6, 6.07) is 0. The van der Waals surface area contributed by atoms with E-state index in [-0.39, 0.29) is 24.2 Å². The van der Waals surface area contributed by atoms with Crippen LogP contribution in [0.1, 0.15) is 18.7 Å². The molecule has 92 valence electrons. The number of hydrogen-bond acceptors (Lipinski definition) is 4. The van der Waals surface area contributed by atoms with Crippen LogP contribution in [-0.2, 0) is 11.2 Å². The first kappa shape index (κ1) is 15.3. The number of hydrogen-bond donors (Lipinski definition) is 2. The Morgan fingerprint density at radius 1 is 1.62 bits per heavy atom. The summed E-state index contributed by atoms with van der Waals surface area (Å²) in [5.74, 6) is -0.0228. The fourth-order valence-corrected chi connectivity index (χ4v) is 1.91. The van der Waals surface area contributed by atoms with E-state index in [1.807, 2.05) is 20.2 Å². The van der Waals surface area contributed by atoms with Crippen molar-refractivity contribution >= 4 is 34.8 Å². The van der Waals surface area contributed by atoms with E-state index in [2.05, 4.69) is 22.5 Å². The van der Waals surface area contributed by atoms with Crippen molar-refractivity contribution in [1.82, 2.24) is 10.3 Å². The molecule has 0 fully saturated rings. The molecule has 1 atom stereocenters. The molecule has 0 aliphatic rings. The Kier molecular flexibility index (Phi) is 7.29. The van der Waals surface area contributed by atoms with Crippen LogP contribution in [0.5, 0.6) is 0 Å². The second kappa shape index (κ2) is 7.60. The summed E-state index contributed by atoms with van der Waals surface area (Å²) in [5.41, 5.74) is 0. The molecule has 0 spiro atoms. The van der Waals surface area contributed by atoms with E-state index in [0.29, 0.717) is 11.7 Å². The molecule has 1 amide bonds. The Bertz CT molecular complexity index is 330. The maximum absolute atomic E-state index is 11.6. The van der Waals surface area contributed by atoms with E-state index < -0.39 is 0 Å². The molecule has 1 aromatic heterocycles. The van der Waals surface area contributed by atoms with Crippen molar-refractivity contribution in [2.24, 2.45) is 5.92 Å². The Morgan fingerprint density at radius 2 is 2.31 bits per heavy atom. The molecule has 1 rings (SSSR count). The lowest BCUT2D eigenvalue weighted by atomic mass is 10.2. The van der Waals surface area contributed by atoms with Gasteiger partial charge < -0.3 is 10.6 Å². The van der Waals surface area contributed by atoms with E-state index in [1.165, 1.54) is 16.2 Å². The van der Waals surface area contributed by atoms with E-state index in [4.69, 9.17) is 0 Å². The van der Waals surface area contributed by atoms with Crippen molar-refractivity contribution in [3.05, 3.63) is 11.1 Å². The van der Waals surface area contributed by atoms with Crippen molar-refractivity contribution in [2.75, 3.05) is 18.9 Å². The van der Waals surface area contributed by atoms with Gasteiger partial charge in [-0.25, -0.2) is 4.98 Å². The summed E-state index contributed by atoms with van der Waals surface area (Å²) in [7, 11) is 1.84. The van der Waals surface area contributed by atoms with Crippen molar-refractivity contribution in [3.8, 4) is 0 Å². The SMILES string of the molecule is CCc1cnc(NC(=O)C(C)CNC)s1.Cl. The monoisotopic (exact) mass is 263 g/mol. The number of thiazole rings is 1. The van der Waals surface area contributed by atoms with Crippen LogP contribution in [0.2, 0.25) is 0 Å². The number of nitrogens with zero attached hydrogens (tertiary/aromatic N) is 1. The number of carbonyl (C=O) groups excluding carboxylic acids is 1. The van der Waals surface area contributed by atoms with Gasteiger partial charge in [0, 0.05) is 23.5 Å². The molecule has 0 aliphatic heterocycles. The minimum Gasteiger partial charge on any atom is -0.319 e. The molecule has 1 aromatic rings. The minimum atomic E-state index is -0.0380. The largest absolute Gasteiger partial charge is 0.319 e. The predicted molar refractivity (Wildman–Crippen MR) is 70.5 cm³/mol. The van der Waals surface area contributed by atoms with Crippen LogP contribution in [-0.4, -0.2) is 24.5 Å². The van der Waals surface area contributed by atoms with Gasteiger partial charge >= 0.3 is 0 Å². The van der Waals surface area contributed by atoms with Gasteiger partial charge in [0.05, 0.1) is 0 Å². The molecule has 1 heterocycles. The van der Waals surface area contributed by atoms with Gasteiger partial charge in [0.1, 0.15) is 0 Å². The molecular weight excluding hydrogens is 246 g/mol. The number of nitrogens with one attached hydrogen (secondary N) is 2. The molecule has 0 radical (unpaired) electrons. The second-order valence-electron chi connectivity index (χ2n) is 3.43. The van der Waals surface area contributed by atoms with Gasteiger partial charge in [-0.2, -0.15) is 0 Å². The molecule has 2 N–H and O–H groups in total. The number of carbonyl (C=O) groups is 1. The minimum absolute atomic E-state index is 0. The highest BCUT2D eigenvalue weighted by Gasteiger charge is 2.13. The van der Waals surface area contributed by atoms with Crippen molar-refractivity contribution < 1.29 is 4.79 Å². The molecule has 0 bridgehead atoms. The van der Waals surface area contributed by atoms with Gasteiger partial charge in [0.15, 0.2) is 5.13 Å². The fourth-order valence-electron chi connectivity index (χ4n) is 1.16. The molecule has 0 aromatic carbocycles. The number of aromatic nitrogens is 1. The normalized spacial score (nSPS) is 11.7. The second-order valence-corrected chi connectivity index (χ2v) is 4.55. The summed E-state index contributed by atoms with van der Waals surface area (Å²) >= 11 is 1.53. The van der Waals surface area contributed by atoms with Crippen LogP contribution in [0.3, 0.4) is 0 Å². The summed E-state index contributed by atoms with van der Waals surface area (Å²) in [6.45, 7) is 4.64. The standard InChI is InChI=1S/C10H17N3OS.ClH/c1-4-8-6-12-10(15-8)13-9(14)7(2)5-11-3;/h6-7,11H,4-5H2,1-3H3,(H,12,13,14);1H. The first-order chi connectivity index (χ1) is 7.17. The Balaban J connectivity index is 0.00000225. The van der Waals surface area contributed by atoms with Crippen LogP contribution >= 0.6 is 23.7 Å². The molecule has 0 saturated heterocycles. The van der Waals surface area contributed by atoms with Gasteiger partial charge in [-0.1, -0.05) is 13.8 Å². The summed E-state index contributed by atoms with van der Waals surface area (Å²) in [6.07, 6.45) is 2.77. The fraction of sp³-hybridized carbons (Fsp3) is 0.600. The number of amides is 1. The van der Waals surface area contributed by atoms with Gasteiger partial charge in [-0.15, -0.1) is 23.7 Å². The smallest absolute Gasteiger partial charge is 0.230 e. The maximum atomic E-state index is 11.6. The summed E-state index contributed by atoms with van der Waals surface area (Å²) in [4.78, 5) is 16.9. The summed E-state index contributed by atoms with van der Waals surface area (Å²) < 4.78 is 0. The van der Waals surface area contributed by atoms with Crippen molar-refractivity contribution in [2.45, 2.75) is 20.3 Å². The predicted octanol–water partition coefficient (Wildman–Crippen LogP) is 1.92. The summed E-state index contributed by atoms with van der Waals surface area (Å²) in [5, 5.41) is 6.48. The molecule has 0 saturated carbocycles. The van der Waals surface area contributed by atoms with Gasteiger partial charge in [0.25, 0.3) is 0 Å². The third-order valence-electron chi connectivity index (χ3n) is 2.09. The Labute approximate surface area is 106 Å². The Hall–Kier alpha value is -0.650. The number of aryl methyl sites for hydroxylation is 1. The molecule has 6 heteroatoms. The quantitative estimate of drug-likeness (QED) is 0.854. The van der Waals surface area contributed by atoms with Gasteiger partial charge in [-0.3, -0.25) is 4.79 Å².